The monoisotopic (exact) mass is 290 g/mol. The number of carbonyl (C=O) groups is 1. The molecule has 0 radical (unpaired) electrons. The Morgan fingerprint density at radius 3 is 2.57 bits per heavy atom. The maximum Gasteiger partial charge on any atom is 0.323 e. The fourth-order valence-electron chi connectivity index (χ4n) is 2.86. The average Bonchev–Trinajstić information content (AvgIpc) is 3.01. The lowest BCUT2D eigenvalue weighted by molar-refractivity contribution is -0.144. The van der Waals surface area contributed by atoms with Crippen molar-refractivity contribution >= 4 is 11.7 Å². The summed E-state index contributed by atoms with van der Waals surface area (Å²) in [6, 6.07) is 8.18. The molecular weight excluding hydrogens is 264 g/mol. The van der Waals surface area contributed by atoms with Gasteiger partial charge in [-0.3, -0.25) is 10.1 Å². The predicted molar refractivity (Wildman–Crippen MR) is 85.4 cm³/mol. The maximum atomic E-state index is 11.8. The first-order valence-electron chi connectivity index (χ1n) is 7.77. The predicted octanol–water partition coefficient (Wildman–Crippen LogP) is 2.57. The Hall–Kier alpha value is -1.55. The number of hydrogen-bond donors (Lipinski definition) is 1. The van der Waals surface area contributed by atoms with Gasteiger partial charge >= 0.3 is 5.97 Å². The zero-order valence-corrected chi connectivity index (χ0v) is 13.3. The van der Waals surface area contributed by atoms with Gasteiger partial charge in [0.25, 0.3) is 0 Å². The molecule has 1 aliphatic rings. The number of esters is 1. The third-order valence-electron chi connectivity index (χ3n) is 4.07. The van der Waals surface area contributed by atoms with Gasteiger partial charge in [-0.2, -0.15) is 0 Å². The number of hydrogen-bond acceptors (Lipinski definition) is 4. The zero-order chi connectivity index (χ0) is 15.2. The van der Waals surface area contributed by atoms with Crippen LogP contribution in [0.2, 0.25) is 0 Å². The largest absolute Gasteiger partial charge is 0.468 e. The van der Waals surface area contributed by atoms with Crippen LogP contribution in [0.3, 0.4) is 0 Å². The highest BCUT2D eigenvalue weighted by Crippen LogP contribution is 2.24. The van der Waals surface area contributed by atoms with E-state index in [0.717, 1.165) is 13.1 Å². The Labute approximate surface area is 127 Å². The molecule has 1 aromatic rings. The van der Waals surface area contributed by atoms with Crippen LogP contribution in [0.1, 0.15) is 32.3 Å². The average molecular weight is 290 g/mol. The first kappa shape index (κ1) is 15.8. The van der Waals surface area contributed by atoms with E-state index in [1.54, 1.807) is 0 Å². The smallest absolute Gasteiger partial charge is 0.323 e. The second kappa shape index (κ2) is 7.46. The minimum Gasteiger partial charge on any atom is -0.468 e. The van der Waals surface area contributed by atoms with E-state index in [1.165, 1.54) is 31.2 Å². The zero-order valence-electron chi connectivity index (χ0n) is 13.3. The van der Waals surface area contributed by atoms with Crippen LogP contribution in [-0.4, -0.2) is 32.2 Å². The normalized spacial score (nSPS) is 16.3. The SMILES string of the molecule is COC(=O)C(NCc1ccccc1N1CCCC1)C(C)C. The maximum absolute atomic E-state index is 11.8. The number of para-hydroxylation sites is 1. The van der Waals surface area contributed by atoms with E-state index in [-0.39, 0.29) is 17.9 Å². The Balaban J connectivity index is 2.06. The van der Waals surface area contributed by atoms with Crippen LogP contribution in [-0.2, 0) is 16.1 Å². The number of methoxy groups -OCH3 is 1. The van der Waals surface area contributed by atoms with Crippen LogP contribution < -0.4 is 10.2 Å². The number of nitrogens with one attached hydrogen (secondary N) is 1. The summed E-state index contributed by atoms with van der Waals surface area (Å²) in [5.74, 6) is 0.0139. The molecular formula is C17H26N2O2. The molecule has 2 rings (SSSR count). The lowest BCUT2D eigenvalue weighted by Crippen LogP contribution is -2.41. The number of carbonyl (C=O) groups excluding carboxylic acids is 1. The number of benzene rings is 1. The molecule has 1 heterocycles. The molecule has 0 spiro atoms. The van der Waals surface area contributed by atoms with Gasteiger partial charge < -0.3 is 9.64 Å². The van der Waals surface area contributed by atoms with E-state index in [4.69, 9.17) is 4.74 Å². The number of ether oxygens (including phenoxy) is 1. The molecule has 1 N–H and O–H groups in total. The van der Waals surface area contributed by atoms with Gasteiger partial charge in [-0.1, -0.05) is 32.0 Å². The molecule has 4 heteroatoms. The highest BCUT2D eigenvalue weighted by molar-refractivity contribution is 5.76. The fourth-order valence-corrected chi connectivity index (χ4v) is 2.86. The van der Waals surface area contributed by atoms with Crippen molar-refractivity contribution < 1.29 is 9.53 Å². The summed E-state index contributed by atoms with van der Waals surface area (Å²) >= 11 is 0. The standard InChI is InChI=1S/C17H26N2O2/c1-13(2)16(17(20)21-3)18-12-14-8-4-5-9-15(14)19-10-6-7-11-19/h4-5,8-9,13,16,18H,6-7,10-12H2,1-3H3. The molecule has 21 heavy (non-hydrogen) atoms. The molecule has 1 atom stereocenters. The van der Waals surface area contributed by atoms with E-state index >= 15 is 0 Å². The van der Waals surface area contributed by atoms with Crippen molar-refractivity contribution in [2.75, 3.05) is 25.1 Å². The van der Waals surface area contributed by atoms with Crippen molar-refractivity contribution in [2.45, 2.75) is 39.3 Å². The summed E-state index contributed by atoms with van der Waals surface area (Å²) in [6.07, 6.45) is 2.52. The van der Waals surface area contributed by atoms with Gasteiger partial charge in [0.15, 0.2) is 0 Å². The van der Waals surface area contributed by atoms with Crippen LogP contribution in [0.15, 0.2) is 24.3 Å². The molecule has 116 valence electrons. The van der Waals surface area contributed by atoms with Crippen molar-refractivity contribution in [1.29, 1.82) is 0 Å². The summed E-state index contributed by atoms with van der Waals surface area (Å²) in [7, 11) is 1.44. The number of anilines is 1. The molecule has 0 saturated carbocycles. The van der Waals surface area contributed by atoms with E-state index < -0.39 is 0 Å². The number of nitrogens with zero attached hydrogens (tertiary/aromatic N) is 1. The lowest BCUT2D eigenvalue weighted by Gasteiger charge is -2.24. The molecule has 1 saturated heterocycles. The molecule has 1 aromatic carbocycles. The summed E-state index contributed by atoms with van der Waals surface area (Å²) in [4.78, 5) is 14.3. The Kier molecular flexibility index (Phi) is 5.62. The highest BCUT2D eigenvalue weighted by Gasteiger charge is 2.23. The summed E-state index contributed by atoms with van der Waals surface area (Å²) in [5.41, 5.74) is 2.53. The quantitative estimate of drug-likeness (QED) is 0.818. The van der Waals surface area contributed by atoms with E-state index in [9.17, 15) is 4.79 Å². The van der Waals surface area contributed by atoms with Crippen molar-refractivity contribution in [3.8, 4) is 0 Å². The van der Waals surface area contributed by atoms with Gasteiger partial charge in [-0.25, -0.2) is 0 Å². The Morgan fingerprint density at radius 1 is 1.29 bits per heavy atom. The lowest BCUT2D eigenvalue weighted by atomic mass is 10.0. The van der Waals surface area contributed by atoms with E-state index in [0.29, 0.717) is 6.54 Å². The van der Waals surface area contributed by atoms with Crippen LogP contribution >= 0.6 is 0 Å². The second-order valence-electron chi connectivity index (χ2n) is 5.95. The van der Waals surface area contributed by atoms with Gasteiger partial charge in [0.1, 0.15) is 6.04 Å². The molecule has 1 unspecified atom stereocenters. The third-order valence-corrected chi connectivity index (χ3v) is 4.07. The second-order valence-corrected chi connectivity index (χ2v) is 5.95. The minimum atomic E-state index is -0.262. The number of rotatable bonds is 6. The third kappa shape index (κ3) is 3.97. The Morgan fingerprint density at radius 2 is 1.95 bits per heavy atom. The molecule has 0 aromatic heterocycles. The topological polar surface area (TPSA) is 41.6 Å². The summed E-state index contributed by atoms with van der Waals surface area (Å²) in [6.45, 7) is 7.00. The molecule has 1 fully saturated rings. The van der Waals surface area contributed by atoms with Crippen LogP contribution in [0, 0.1) is 5.92 Å². The van der Waals surface area contributed by atoms with Gasteiger partial charge in [0, 0.05) is 25.3 Å². The molecule has 4 nitrogen and oxygen atoms in total. The van der Waals surface area contributed by atoms with Crippen LogP contribution in [0.4, 0.5) is 5.69 Å². The molecule has 0 bridgehead atoms. The van der Waals surface area contributed by atoms with E-state index in [1.807, 2.05) is 13.8 Å². The minimum absolute atomic E-state index is 0.191. The van der Waals surface area contributed by atoms with Crippen LogP contribution in [0.25, 0.3) is 0 Å². The fraction of sp³-hybridized carbons (Fsp3) is 0.588. The molecule has 1 aliphatic heterocycles. The van der Waals surface area contributed by atoms with Gasteiger partial charge in [0.2, 0.25) is 0 Å². The first-order valence-corrected chi connectivity index (χ1v) is 7.77. The highest BCUT2D eigenvalue weighted by atomic mass is 16.5. The van der Waals surface area contributed by atoms with Crippen molar-refractivity contribution in [3.63, 3.8) is 0 Å². The summed E-state index contributed by atoms with van der Waals surface area (Å²) in [5, 5.41) is 3.35. The van der Waals surface area contributed by atoms with Crippen molar-refractivity contribution in [2.24, 2.45) is 5.92 Å². The van der Waals surface area contributed by atoms with Gasteiger partial charge in [-0.15, -0.1) is 0 Å². The first-order chi connectivity index (χ1) is 10.1. The van der Waals surface area contributed by atoms with Crippen molar-refractivity contribution in [3.05, 3.63) is 29.8 Å². The van der Waals surface area contributed by atoms with Crippen molar-refractivity contribution in [1.82, 2.24) is 5.32 Å². The molecule has 0 aliphatic carbocycles. The van der Waals surface area contributed by atoms with Crippen LogP contribution in [0.5, 0.6) is 0 Å². The Bertz CT molecular complexity index is 468. The van der Waals surface area contributed by atoms with Gasteiger partial charge in [0.05, 0.1) is 7.11 Å². The van der Waals surface area contributed by atoms with E-state index in [2.05, 4.69) is 34.5 Å². The summed E-state index contributed by atoms with van der Waals surface area (Å²) < 4.78 is 4.88. The van der Waals surface area contributed by atoms with Gasteiger partial charge in [-0.05, 0) is 30.4 Å². The molecule has 0 amide bonds.